The van der Waals surface area contributed by atoms with Crippen LogP contribution in [-0.4, -0.2) is 31.8 Å². The molecule has 3 heteroatoms. The van der Waals surface area contributed by atoms with Crippen LogP contribution in [0.1, 0.15) is 25.8 Å². The van der Waals surface area contributed by atoms with E-state index in [-0.39, 0.29) is 6.04 Å². The summed E-state index contributed by atoms with van der Waals surface area (Å²) in [6.07, 6.45) is 2.32. The van der Waals surface area contributed by atoms with E-state index in [2.05, 4.69) is 43.0 Å². The predicted molar refractivity (Wildman–Crippen MR) is 76.0 cm³/mol. The molecule has 1 aromatic carbocycles. The van der Waals surface area contributed by atoms with Crippen molar-refractivity contribution >= 4 is 5.69 Å². The van der Waals surface area contributed by atoms with Gasteiger partial charge < -0.3 is 15.4 Å². The number of hydrogen-bond donors (Lipinski definition) is 1. The second-order valence-corrected chi connectivity index (χ2v) is 5.17. The van der Waals surface area contributed by atoms with Crippen LogP contribution in [-0.2, 0) is 11.2 Å². The van der Waals surface area contributed by atoms with Gasteiger partial charge in [0.05, 0.1) is 12.7 Å². The standard InChI is InChI=1S/C15H24N2O/c1-3-14(16)10-13-4-6-15(7-5-13)17-8-9-18-12(2)11-17/h4-7,12,14H,3,8-11,16H2,1-2H3. The highest BCUT2D eigenvalue weighted by atomic mass is 16.5. The third-order valence-corrected chi connectivity index (χ3v) is 3.56. The molecule has 1 heterocycles. The molecule has 0 amide bonds. The fourth-order valence-electron chi connectivity index (χ4n) is 2.34. The molecule has 3 nitrogen and oxygen atoms in total. The second kappa shape index (κ2) is 6.21. The Kier molecular flexibility index (Phi) is 4.61. The topological polar surface area (TPSA) is 38.5 Å². The van der Waals surface area contributed by atoms with Gasteiger partial charge in [0, 0.05) is 24.8 Å². The van der Waals surface area contributed by atoms with Gasteiger partial charge in [0.25, 0.3) is 0 Å². The summed E-state index contributed by atoms with van der Waals surface area (Å²) in [6, 6.07) is 9.08. The first-order valence-electron chi connectivity index (χ1n) is 6.90. The van der Waals surface area contributed by atoms with Gasteiger partial charge in [-0.05, 0) is 37.5 Å². The SMILES string of the molecule is CCC(N)Cc1ccc(N2CCOC(C)C2)cc1. The molecule has 0 saturated carbocycles. The van der Waals surface area contributed by atoms with Crippen LogP contribution in [0, 0.1) is 0 Å². The molecule has 2 N–H and O–H groups in total. The van der Waals surface area contributed by atoms with Gasteiger partial charge in [0.2, 0.25) is 0 Å². The summed E-state index contributed by atoms with van der Waals surface area (Å²) in [5, 5.41) is 0. The molecule has 0 radical (unpaired) electrons. The van der Waals surface area contributed by atoms with Crippen molar-refractivity contribution in [2.75, 3.05) is 24.6 Å². The molecule has 1 aliphatic rings. The number of nitrogens with two attached hydrogens (primary N) is 1. The Morgan fingerprint density at radius 3 is 2.72 bits per heavy atom. The Labute approximate surface area is 110 Å². The fraction of sp³-hybridized carbons (Fsp3) is 0.600. The van der Waals surface area contributed by atoms with Crippen molar-refractivity contribution in [2.45, 2.75) is 38.8 Å². The number of anilines is 1. The van der Waals surface area contributed by atoms with Crippen LogP contribution in [0.2, 0.25) is 0 Å². The molecule has 0 aliphatic carbocycles. The van der Waals surface area contributed by atoms with Crippen LogP contribution >= 0.6 is 0 Å². The highest BCUT2D eigenvalue weighted by Gasteiger charge is 2.16. The van der Waals surface area contributed by atoms with Crippen molar-refractivity contribution in [3.05, 3.63) is 29.8 Å². The Morgan fingerprint density at radius 1 is 1.39 bits per heavy atom. The molecular formula is C15H24N2O. The minimum absolute atomic E-state index is 0.277. The summed E-state index contributed by atoms with van der Waals surface area (Å²) in [6.45, 7) is 7.05. The van der Waals surface area contributed by atoms with Crippen molar-refractivity contribution in [3.63, 3.8) is 0 Å². The first kappa shape index (κ1) is 13.4. The van der Waals surface area contributed by atoms with Crippen LogP contribution < -0.4 is 10.6 Å². The van der Waals surface area contributed by atoms with E-state index in [1.165, 1.54) is 11.3 Å². The number of ether oxygens (including phenoxy) is 1. The molecule has 1 fully saturated rings. The van der Waals surface area contributed by atoms with Crippen molar-refractivity contribution < 1.29 is 4.74 Å². The van der Waals surface area contributed by atoms with Gasteiger partial charge in [-0.15, -0.1) is 0 Å². The summed E-state index contributed by atoms with van der Waals surface area (Å²) in [4.78, 5) is 2.39. The number of benzene rings is 1. The maximum absolute atomic E-state index is 5.98. The summed E-state index contributed by atoms with van der Waals surface area (Å²) in [7, 11) is 0. The molecule has 2 unspecified atom stereocenters. The van der Waals surface area contributed by atoms with Crippen LogP contribution in [0.15, 0.2) is 24.3 Å². The lowest BCUT2D eigenvalue weighted by Gasteiger charge is -2.33. The first-order valence-corrected chi connectivity index (χ1v) is 6.90. The van der Waals surface area contributed by atoms with Gasteiger partial charge in [-0.2, -0.15) is 0 Å². The Morgan fingerprint density at radius 2 is 2.11 bits per heavy atom. The predicted octanol–water partition coefficient (Wildman–Crippen LogP) is 2.19. The van der Waals surface area contributed by atoms with E-state index in [0.29, 0.717) is 6.10 Å². The summed E-state index contributed by atoms with van der Waals surface area (Å²) >= 11 is 0. The van der Waals surface area contributed by atoms with E-state index in [1.807, 2.05) is 0 Å². The van der Waals surface area contributed by atoms with Crippen molar-refractivity contribution in [3.8, 4) is 0 Å². The van der Waals surface area contributed by atoms with Crippen molar-refractivity contribution in [1.29, 1.82) is 0 Å². The Hall–Kier alpha value is -1.06. The average Bonchev–Trinajstić information content (AvgIpc) is 2.39. The van der Waals surface area contributed by atoms with Gasteiger partial charge in [-0.1, -0.05) is 19.1 Å². The molecular weight excluding hydrogens is 224 g/mol. The van der Waals surface area contributed by atoms with Gasteiger partial charge in [-0.25, -0.2) is 0 Å². The van der Waals surface area contributed by atoms with Crippen LogP contribution in [0.3, 0.4) is 0 Å². The minimum Gasteiger partial charge on any atom is -0.375 e. The fourth-order valence-corrected chi connectivity index (χ4v) is 2.34. The molecule has 18 heavy (non-hydrogen) atoms. The normalized spacial score (nSPS) is 21.9. The summed E-state index contributed by atoms with van der Waals surface area (Å²) < 4.78 is 5.56. The lowest BCUT2D eigenvalue weighted by molar-refractivity contribution is 0.0532. The van der Waals surface area contributed by atoms with Gasteiger partial charge in [-0.3, -0.25) is 0 Å². The quantitative estimate of drug-likeness (QED) is 0.887. The number of morpholine rings is 1. The molecule has 2 atom stereocenters. The van der Waals surface area contributed by atoms with Gasteiger partial charge in [0.1, 0.15) is 0 Å². The molecule has 0 bridgehead atoms. The molecule has 100 valence electrons. The number of rotatable bonds is 4. The summed E-state index contributed by atoms with van der Waals surface area (Å²) in [5.74, 6) is 0. The summed E-state index contributed by atoms with van der Waals surface area (Å²) in [5.41, 5.74) is 8.60. The van der Waals surface area contributed by atoms with E-state index < -0.39 is 0 Å². The number of nitrogens with zero attached hydrogens (tertiary/aromatic N) is 1. The first-order chi connectivity index (χ1) is 8.69. The lowest BCUT2D eigenvalue weighted by atomic mass is 10.0. The Bertz CT molecular complexity index is 363. The van der Waals surface area contributed by atoms with E-state index in [4.69, 9.17) is 10.5 Å². The Balaban J connectivity index is 1.98. The lowest BCUT2D eigenvalue weighted by Crippen LogP contribution is -2.41. The zero-order chi connectivity index (χ0) is 13.0. The maximum Gasteiger partial charge on any atom is 0.0722 e. The third-order valence-electron chi connectivity index (χ3n) is 3.56. The number of hydrogen-bond acceptors (Lipinski definition) is 3. The van der Waals surface area contributed by atoms with E-state index >= 15 is 0 Å². The molecule has 1 saturated heterocycles. The minimum atomic E-state index is 0.277. The van der Waals surface area contributed by atoms with Crippen LogP contribution in [0.25, 0.3) is 0 Å². The maximum atomic E-state index is 5.98. The zero-order valence-corrected chi connectivity index (χ0v) is 11.4. The smallest absolute Gasteiger partial charge is 0.0722 e. The molecule has 0 aromatic heterocycles. The average molecular weight is 248 g/mol. The van der Waals surface area contributed by atoms with Gasteiger partial charge in [0.15, 0.2) is 0 Å². The van der Waals surface area contributed by atoms with Crippen LogP contribution in [0.5, 0.6) is 0 Å². The van der Waals surface area contributed by atoms with Gasteiger partial charge >= 0.3 is 0 Å². The van der Waals surface area contributed by atoms with E-state index in [1.54, 1.807) is 0 Å². The second-order valence-electron chi connectivity index (χ2n) is 5.17. The van der Waals surface area contributed by atoms with E-state index in [0.717, 1.165) is 32.5 Å². The molecule has 1 aliphatic heterocycles. The highest BCUT2D eigenvalue weighted by molar-refractivity contribution is 5.48. The highest BCUT2D eigenvalue weighted by Crippen LogP contribution is 2.19. The van der Waals surface area contributed by atoms with Crippen LogP contribution in [0.4, 0.5) is 5.69 Å². The molecule has 0 spiro atoms. The van der Waals surface area contributed by atoms with Crippen molar-refractivity contribution in [2.24, 2.45) is 5.73 Å². The zero-order valence-electron chi connectivity index (χ0n) is 11.4. The van der Waals surface area contributed by atoms with Crippen molar-refractivity contribution in [1.82, 2.24) is 0 Å². The monoisotopic (exact) mass is 248 g/mol. The molecule has 1 aromatic rings. The van der Waals surface area contributed by atoms with E-state index in [9.17, 15) is 0 Å². The molecule has 2 rings (SSSR count). The third kappa shape index (κ3) is 3.47. The largest absolute Gasteiger partial charge is 0.375 e.